The summed E-state index contributed by atoms with van der Waals surface area (Å²) in [6.45, 7) is -0.468. The summed E-state index contributed by atoms with van der Waals surface area (Å²) in [5.41, 5.74) is 9.04. The fourth-order valence-corrected chi connectivity index (χ4v) is 6.47. The molecule has 270 valence electrons. The van der Waals surface area contributed by atoms with E-state index in [0.717, 1.165) is 71.8 Å². The number of rotatable bonds is 5. The summed E-state index contributed by atoms with van der Waals surface area (Å²) in [6.07, 6.45) is 0. The van der Waals surface area contributed by atoms with Crippen LogP contribution in [0.1, 0.15) is 66.8 Å². The largest absolute Gasteiger partial charge is 0.495 e. The highest BCUT2D eigenvalue weighted by molar-refractivity contribution is 6.09. The fourth-order valence-electron chi connectivity index (χ4n) is 6.47. The van der Waals surface area contributed by atoms with E-state index in [2.05, 4.69) is 53.4 Å². The van der Waals surface area contributed by atoms with Gasteiger partial charge in [0.05, 0.1) is 33.5 Å². The monoisotopic (exact) mass is 728 g/mol. The Morgan fingerprint density at radius 1 is 0.375 bits per heavy atom. The van der Waals surface area contributed by atoms with Crippen molar-refractivity contribution >= 4 is 21.5 Å². The lowest BCUT2D eigenvalue weighted by Gasteiger charge is -2.12. The van der Waals surface area contributed by atoms with Gasteiger partial charge in [0.15, 0.2) is 0 Å². The molecule has 5 nitrogen and oxygen atoms in total. The van der Waals surface area contributed by atoms with Crippen molar-refractivity contribution in [3.63, 3.8) is 0 Å². The fraction of sp³-hybridized carbons (Fsp3) is 0.0980. The molecule has 0 bridgehead atoms. The average Bonchev–Trinajstić information content (AvgIpc) is 3.25. The predicted molar refractivity (Wildman–Crippen MR) is 221 cm³/mol. The van der Waals surface area contributed by atoms with Crippen LogP contribution in [0.5, 0.6) is 5.75 Å². The van der Waals surface area contributed by atoms with Gasteiger partial charge < -0.3 is 25.2 Å². The van der Waals surface area contributed by atoms with Crippen LogP contribution in [0.2, 0.25) is 0 Å². The standard InChI is InChI=1S/C51H36O5/c1-56-51-47-12-4-10-43(24-18-37-16-22-41(45(28-37)33-54)20-14-35-6-2-8-39(26-35)31-52)49(47)30-50-44(11-5-13-48(50)51)25-19-38-17-23-42(46(29-38)34-55)21-15-36-7-3-9-40(27-36)32-53/h2-13,16-17,22-23,26-30,52-55H,31-34H2,1H3. The molecule has 7 aromatic rings. The average molecular weight is 729 g/mol. The van der Waals surface area contributed by atoms with Gasteiger partial charge in [0.25, 0.3) is 0 Å². The molecule has 7 rings (SSSR count). The number of aliphatic hydroxyl groups is 4. The van der Waals surface area contributed by atoms with Gasteiger partial charge in [-0.15, -0.1) is 0 Å². The Labute approximate surface area is 326 Å². The predicted octanol–water partition coefficient (Wildman–Crippen LogP) is 7.57. The number of ether oxygens (including phenoxy) is 1. The highest BCUT2D eigenvalue weighted by atomic mass is 16.5. The van der Waals surface area contributed by atoms with Crippen LogP contribution in [0.15, 0.2) is 127 Å². The SMILES string of the molecule is COc1c2cccc(C#Cc3ccc(C#Cc4cccc(CO)c4)c(CO)c3)c2cc2c(C#Cc3ccc(C#Cc4cccc(CO)c4)c(CO)c3)cccc12. The van der Waals surface area contributed by atoms with Gasteiger partial charge >= 0.3 is 0 Å². The van der Waals surface area contributed by atoms with Crippen molar-refractivity contribution in [3.05, 3.63) is 194 Å². The number of benzene rings is 7. The third-order valence-corrected chi connectivity index (χ3v) is 9.33. The lowest BCUT2D eigenvalue weighted by atomic mass is 9.95. The number of hydrogen-bond donors (Lipinski definition) is 4. The van der Waals surface area contributed by atoms with E-state index in [4.69, 9.17) is 4.74 Å². The van der Waals surface area contributed by atoms with E-state index >= 15 is 0 Å². The molecule has 0 saturated carbocycles. The van der Waals surface area contributed by atoms with Crippen molar-refractivity contribution in [1.82, 2.24) is 0 Å². The van der Waals surface area contributed by atoms with Crippen molar-refractivity contribution in [3.8, 4) is 53.1 Å². The Kier molecular flexibility index (Phi) is 11.6. The molecule has 0 spiro atoms. The molecule has 0 saturated heterocycles. The van der Waals surface area contributed by atoms with Gasteiger partial charge in [-0.3, -0.25) is 0 Å². The molecule has 0 atom stereocenters. The molecule has 0 amide bonds. The molecule has 0 heterocycles. The summed E-state index contributed by atoms with van der Waals surface area (Å²) in [4.78, 5) is 0. The van der Waals surface area contributed by atoms with Gasteiger partial charge in [0.1, 0.15) is 5.75 Å². The third kappa shape index (κ3) is 8.35. The molecule has 0 aliphatic rings. The number of fused-ring (bicyclic) bond motifs is 2. The molecular formula is C51H36O5. The Morgan fingerprint density at radius 2 is 0.786 bits per heavy atom. The first-order valence-corrected chi connectivity index (χ1v) is 18.0. The van der Waals surface area contributed by atoms with Gasteiger partial charge in [0, 0.05) is 66.1 Å². The maximum absolute atomic E-state index is 10.2. The van der Waals surface area contributed by atoms with Crippen LogP contribution in [0.3, 0.4) is 0 Å². The van der Waals surface area contributed by atoms with E-state index in [1.54, 1.807) is 7.11 Å². The highest BCUT2D eigenvalue weighted by Crippen LogP contribution is 2.37. The molecule has 0 unspecified atom stereocenters. The maximum Gasteiger partial charge on any atom is 0.134 e. The van der Waals surface area contributed by atoms with Crippen molar-refractivity contribution in [2.45, 2.75) is 26.4 Å². The lowest BCUT2D eigenvalue weighted by Crippen LogP contribution is -1.93. The van der Waals surface area contributed by atoms with Crippen LogP contribution in [-0.2, 0) is 26.4 Å². The molecule has 0 radical (unpaired) electrons. The van der Waals surface area contributed by atoms with Gasteiger partial charge in [0.2, 0.25) is 0 Å². The second-order valence-corrected chi connectivity index (χ2v) is 13.0. The van der Waals surface area contributed by atoms with E-state index in [1.165, 1.54) is 0 Å². The number of aliphatic hydroxyl groups excluding tert-OH is 4. The zero-order valence-corrected chi connectivity index (χ0v) is 30.6. The molecular weight excluding hydrogens is 693 g/mol. The smallest absolute Gasteiger partial charge is 0.134 e. The zero-order valence-electron chi connectivity index (χ0n) is 30.6. The zero-order chi connectivity index (χ0) is 38.9. The second kappa shape index (κ2) is 17.4. The first-order chi connectivity index (χ1) is 27.5. The van der Waals surface area contributed by atoms with Crippen molar-refractivity contribution in [2.24, 2.45) is 0 Å². The summed E-state index contributed by atoms with van der Waals surface area (Å²) in [5, 5.41) is 42.9. The second-order valence-electron chi connectivity index (χ2n) is 13.0. The molecule has 0 aromatic heterocycles. The van der Waals surface area contributed by atoms with Crippen LogP contribution in [0.4, 0.5) is 0 Å². The topological polar surface area (TPSA) is 90.2 Å². The molecule has 0 aliphatic heterocycles. The van der Waals surface area contributed by atoms with Gasteiger partial charge in [-0.05, 0) is 101 Å². The van der Waals surface area contributed by atoms with Crippen molar-refractivity contribution < 1.29 is 25.2 Å². The minimum Gasteiger partial charge on any atom is -0.495 e. The van der Waals surface area contributed by atoms with Crippen LogP contribution < -0.4 is 4.74 Å². The summed E-state index contributed by atoms with van der Waals surface area (Å²) >= 11 is 0. The number of hydrogen-bond acceptors (Lipinski definition) is 5. The molecule has 0 fully saturated rings. The Morgan fingerprint density at radius 3 is 1.20 bits per heavy atom. The van der Waals surface area contributed by atoms with E-state index in [0.29, 0.717) is 22.3 Å². The first kappa shape index (κ1) is 37.3. The lowest BCUT2D eigenvalue weighted by molar-refractivity contribution is 0.281. The van der Waals surface area contributed by atoms with Gasteiger partial charge in [-0.25, -0.2) is 0 Å². The van der Waals surface area contributed by atoms with Crippen molar-refractivity contribution in [2.75, 3.05) is 7.11 Å². The molecule has 5 heteroatoms. The Balaban J connectivity index is 1.22. The minimum absolute atomic E-state index is 0.0516. The van der Waals surface area contributed by atoms with Gasteiger partial charge in [-0.1, -0.05) is 95.9 Å². The first-order valence-electron chi connectivity index (χ1n) is 18.0. The van der Waals surface area contributed by atoms with Crippen LogP contribution >= 0.6 is 0 Å². The summed E-state index contributed by atoms with van der Waals surface area (Å²) in [7, 11) is 1.67. The molecule has 4 N–H and O–H groups in total. The van der Waals surface area contributed by atoms with E-state index in [9.17, 15) is 20.4 Å². The van der Waals surface area contributed by atoms with E-state index in [1.807, 2.05) is 121 Å². The number of methoxy groups -OCH3 is 1. The minimum atomic E-state index is -0.182. The third-order valence-electron chi connectivity index (χ3n) is 9.33. The van der Waals surface area contributed by atoms with Crippen molar-refractivity contribution in [1.29, 1.82) is 0 Å². The summed E-state index contributed by atoms with van der Waals surface area (Å²) in [6, 6.07) is 40.1. The van der Waals surface area contributed by atoms with Crippen LogP contribution in [0.25, 0.3) is 21.5 Å². The summed E-state index contributed by atoms with van der Waals surface area (Å²) in [5.74, 6) is 26.6. The van der Waals surface area contributed by atoms with Crippen LogP contribution in [-0.4, -0.2) is 27.5 Å². The molecule has 56 heavy (non-hydrogen) atoms. The maximum atomic E-state index is 10.2. The van der Waals surface area contributed by atoms with Gasteiger partial charge in [-0.2, -0.15) is 0 Å². The summed E-state index contributed by atoms with van der Waals surface area (Å²) < 4.78 is 6.00. The van der Waals surface area contributed by atoms with E-state index < -0.39 is 0 Å². The Bertz CT molecular complexity index is 2680. The quantitative estimate of drug-likeness (QED) is 0.109. The highest BCUT2D eigenvalue weighted by Gasteiger charge is 2.12. The molecule has 7 aromatic carbocycles. The Hall–Kier alpha value is -7.06. The molecule has 0 aliphatic carbocycles. The van der Waals surface area contributed by atoms with E-state index in [-0.39, 0.29) is 26.4 Å². The van der Waals surface area contributed by atoms with Crippen LogP contribution in [0, 0.1) is 47.4 Å². The normalized spacial score (nSPS) is 10.3.